The van der Waals surface area contributed by atoms with Gasteiger partial charge in [0, 0.05) is 28.1 Å². The van der Waals surface area contributed by atoms with E-state index in [-0.39, 0.29) is 11.7 Å². The molecule has 0 aliphatic rings. The molecule has 0 atom stereocenters. The van der Waals surface area contributed by atoms with Crippen molar-refractivity contribution in [2.45, 2.75) is 6.54 Å². The molecule has 3 rings (SSSR count). The zero-order valence-electron chi connectivity index (χ0n) is 12.2. The van der Waals surface area contributed by atoms with Crippen LogP contribution in [0.2, 0.25) is 5.02 Å². The van der Waals surface area contributed by atoms with Crippen LogP contribution >= 0.6 is 11.6 Å². The number of phenolic OH excluding ortho intramolecular Hbond substituents is 1. The molecule has 0 saturated carbocycles. The second kappa shape index (κ2) is 6.69. The standard InChI is InChI=1S/C18H15ClN2O2/c19-15-6-3-5-13(10-15)18(23)21-20-11-14-9-8-12-4-1-2-7-16(12)17(14)22/h1-10,20,22H,11H2,(H,21,23). The third-order valence-electron chi connectivity index (χ3n) is 3.55. The van der Waals surface area contributed by atoms with Crippen molar-refractivity contribution in [1.29, 1.82) is 0 Å². The first kappa shape index (κ1) is 15.3. The number of phenols is 1. The van der Waals surface area contributed by atoms with Gasteiger partial charge in [0.15, 0.2) is 0 Å². The van der Waals surface area contributed by atoms with E-state index in [1.165, 1.54) is 0 Å². The third kappa shape index (κ3) is 3.44. The van der Waals surface area contributed by atoms with Crippen molar-refractivity contribution in [1.82, 2.24) is 10.9 Å². The van der Waals surface area contributed by atoms with Crippen molar-refractivity contribution < 1.29 is 9.90 Å². The highest BCUT2D eigenvalue weighted by Crippen LogP contribution is 2.28. The predicted molar refractivity (Wildman–Crippen MR) is 91.4 cm³/mol. The Morgan fingerprint density at radius 1 is 1.04 bits per heavy atom. The van der Waals surface area contributed by atoms with Crippen LogP contribution in [-0.4, -0.2) is 11.0 Å². The molecule has 1 amide bonds. The lowest BCUT2D eigenvalue weighted by atomic mass is 10.1. The summed E-state index contributed by atoms with van der Waals surface area (Å²) in [5, 5.41) is 12.6. The van der Waals surface area contributed by atoms with E-state index in [0.717, 1.165) is 10.8 Å². The normalized spacial score (nSPS) is 10.7. The molecule has 116 valence electrons. The maximum atomic E-state index is 12.0. The Hall–Kier alpha value is -2.56. The number of nitrogens with one attached hydrogen (secondary N) is 2. The van der Waals surface area contributed by atoms with Crippen molar-refractivity contribution in [3.05, 3.63) is 76.8 Å². The monoisotopic (exact) mass is 326 g/mol. The fraction of sp³-hybridized carbons (Fsp3) is 0.0556. The van der Waals surface area contributed by atoms with Crippen LogP contribution in [0.1, 0.15) is 15.9 Å². The van der Waals surface area contributed by atoms with E-state index in [1.54, 1.807) is 24.3 Å². The fourth-order valence-corrected chi connectivity index (χ4v) is 2.55. The van der Waals surface area contributed by atoms with Crippen molar-refractivity contribution in [3.8, 4) is 5.75 Å². The molecule has 0 fully saturated rings. The fourth-order valence-electron chi connectivity index (χ4n) is 2.36. The smallest absolute Gasteiger partial charge is 0.265 e. The van der Waals surface area contributed by atoms with Gasteiger partial charge in [0.2, 0.25) is 0 Å². The lowest BCUT2D eigenvalue weighted by molar-refractivity contribution is 0.0932. The maximum absolute atomic E-state index is 12.0. The molecular formula is C18H15ClN2O2. The first-order chi connectivity index (χ1) is 11.1. The lowest BCUT2D eigenvalue weighted by Crippen LogP contribution is -2.36. The molecule has 0 bridgehead atoms. The maximum Gasteiger partial charge on any atom is 0.265 e. The Morgan fingerprint density at radius 3 is 2.70 bits per heavy atom. The first-order valence-electron chi connectivity index (χ1n) is 7.13. The SMILES string of the molecule is O=C(NNCc1ccc2ccccc2c1O)c1cccc(Cl)c1. The Bertz CT molecular complexity index is 865. The summed E-state index contributed by atoms with van der Waals surface area (Å²) in [4.78, 5) is 12.0. The molecule has 0 aliphatic heterocycles. The van der Waals surface area contributed by atoms with Crippen LogP contribution in [0.5, 0.6) is 5.75 Å². The van der Waals surface area contributed by atoms with Gasteiger partial charge in [-0.25, -0.2) is 5.43 Å². The van der Waals surface area contributed by atoms with E-state index in [9.17, 15) is 9.90 Å². The van der Waals surface area contributed by atoms with E-state index in [1.807, 2.05) is 36.4 Å². The van der Waals surface area contributed by atoms with Crippen molar-refractivity contribution in [3.63, 3.8) is 0 Å². The number of rotatable bonds is 4. The second-order valence-corrected chi connectivity index (χ2v) is 5.55. The van der Waals surface area contributed by atoms with E-state index in [4.69, 9.17) is 11.6 Å². The Kier molecular flexibility index (Phi) is 4.46. The zero-order valence-corrected chi connectivity index (χ0v) is 13.0. The molecule has 0 heterocycles. The van der Waals surface area contributed by atoms with Crippen molar-refractivity contribution in [2.24, 2.45) is 0 Å². The molecule has 3 N–H and O–H groups in total. The predicted octanol–water partition coefficient (Wildman–Crippen LogP) is 3.63. The third-order valence-corrected chi connectivity index (χ3v) is 3.79. The Labute approximate surface area is 138 Å². The average Bonchev–Trinajstić information content (AvgIpc) is 2.57. The summed E-state index contributed by atoms with van der Waals surface area (Å²) in [6.07, 6.45) is 0. The number of benzene rings is 3. The summed E-state index contributed by atoms with van der Waals surface area (Å²) in [5.74, 6) is -0.0691. The number of aromatic hydroxyl groups is 1. The second-order valence-electron chi connectivity index (χ2n) is 5.11. The van der Waals surface area contributed by atoms with Gasteiger partial charge in [0.1, 0.15) is 5.75 Å². The molecule has 0 aromatic heterocycles. The molecule has 23 heavy (non-hydrogen) atoms. The number of hydrazine groups is 1. The van der Waals surface area contributed by atoms with Crippen LogP contribution in [0, 0.1) is 0 Å². The lowest BCUT2D eigenvalue weighted by Gasteiger charge is -2.10. The highest BCUT2D eigenvalue weighted by atomic mass is 35.5. The minimum atomic E-state index is -0.284. The molecule has 0 spiro atoms. The van der Waals surface area contributed by atoms with E-state index in [0.29, 0.717) is 22.7 Å². The van der Waals surface area contributed by atoms with Gasteiger partial charge in [0.05, 0.1) is 0 Å². The molecule has 3 aromatic rings. The van der Waals surface area contributed by atoms with E-state index >= 15 is 0 Å². The molecule has 3 aromatic carbocycles. The first-order valence-corrected chi connectivity index (χ1v) is 7.51. The minimum Gasteiger partial charge on any atom is -0.507 e. The molecule has 0 unspecified atom stereocenters. The Morgan fingerprint density at radius 2 is 1.87 bits per heavy atom. The quantitative estimate of drug-likeness (QED) is 0.642. The number of fused-ring (bicyclic) bond motifs is 1. The molecule has 5 heteroatoms. The number of carbonyl (C=O) groups is 1. The zero-order chi connectivity index (χ0) is 16.2. The van der Waals surface area contributed by atoms with Crippen LogP contribution in [0.25, 0.3) is 10.8 Å². The highest BCUT2D eigenvalue weighted by Gasteiger charge is 2.08. The van der Waals surface area contributed by atoms with Crippen LogP contribution in [0.4, 0.5) is 0 Å². The van der Waals surface area contributed by atoms with Crippen LogP contribution in [-0.2, 0) is 6.54 Å². The van der Waals surface area contributed by atoms with Gasteiger partial charge in [-0.2, -0.15) is 0 Å². The van der Waals surface area contributed by atoms with Gasteiger partial charge in [-0.1, -0.05) is 54.1 Å². The topological polar surface area (TPSA) is 61.4 Å². The van der Waals surface area contributed by atoms with Gasteiger partial charge in [0.25, 0.3) is 5.91 Å². The summed E-state index contributed by atoms with van der Waals surface area (Å²) >= 11 is 5.86. The van der Waals surface area contributed by atoms with Gasteiger partial charge in [-0.05, 0) is 23.6 Å². The summed E-state index contributed by atoms with van der Waals surface area (Å²) in [7, 11) is 0. The summed E-state index contributed by atoms with van der Waals surface area (Å²) < 4.78 is 0. The van der Waals surface area contributed by atoms with Gasteiger partial charge in [-0.3, -0.25) is 10.2 Å². The number of amides is 1. The molecule has 0 radical (unpaired) electrons. The summed E-state index contributed by atoms with van der Waals surface area (Å²) in [6.45, 7) is 0.309. The Balaban J connectivity index is 1.67. The summed E-state index contributed by atoms with van der Waals surface area (Å²) in [6, 6.07) is 18.0. The highest BCUT2D eigenvalue weighted by molar-refractivity contribution is 6.30. The number of hydrogen-bond donors (Lipinski definition) is 3. The van der Waals surface area contributed by atoms with Crippen LogP contribution in [0.15, 0.2) is 60.7 Å². The average molecular weight is 327 g/mol. The van der Waals surface area contributed by atoms with Gasteiger partial charge < -0.3 is 5.11 Å². The van der Waals surface area contributed by atoms with Crippen LogP contribution < -0.4 is 10.9 Å². The van der Waals surface area contributed by atoms with E-state index < -0.39 is 0 Å². The number of halogens is 1. The minimum absolute atomic E-state index is 0.215. The van der Waals surface area contributed by atoms with E-state index in [2.05, 4.69) is 10.9 Å². The van der Waals surface area contributed by atoms with Crippen molar-refractivity contribution in [2.75, 3.05) is 0 Å². The van der Waals surface area contributed by atoms with Crippen molar-refractivity contribution >= 4 is 28.3 Å². The molecule has 0 aliphatic carbocycles. The molecule has 4 nitrogen and oxygen atoms in total. The molecular weight excluding hydrogens is 312 g/mol. The van der Waals surface area contributed by atoms with Crippen LogP contribution in [0.3, 0.4) is 0 Å². The molecule has 0 saturated heterocycles. The number of hydrogen-bond acceptors (Lipinski definition) is 3. The summed E-state index contributed by atoms with van der Waals surface area (Å²) in [5.41, 5.74) is 6.58. The van der Waals surface area contributed by atoms with Gasteiger partial charge in [-0.15, -0.1) is 0 Å². The largest absolute Gasteiger partial charge is 0.507 e. The van der Waals surface area contributed by atoms with Gasteiger partial charge >= 0.3 is 0 Å². The number of carbonyl (C=O) groups excluding carboxylic acids is 1.